The Morgan fingerprint density at radius 1 is 1.30 bits per heavy atom. The van der Waals surface area contributed by atoms with Crippen LogP contribution in [0, 0.1) is 11.8 Å². The first-order chi connectivity index (χ1) is 11.2. The average Bonchev–Trinajstić information content (AvgIpc) is 2.55. The van der Waals surface area contributed by atoms with Gasteiger partial charge in [-0.3, -0.25) is 9.69 Å². The molecule has 0 unspecified atom stereocenters. The number of hydrogen-bond acceptors (Lipinski definition) is 3. The van der Waals surface area contributed by atoms with E-state index in [0.717, 1.165) is 24.9 Å². The van der Waals surface area contributed by atoms with E-state index >= 15 is 0 Å². The summed E-state index contributed by atoms with van der Waals surface area (Å²) in [5.41, 5.74) is 0.716. The highest BCUT2D eigenvalue weighted by Crippen LogP contribution is 2.36. The molecule has 3 rings (SSSR count). The molecule has 1 aliphatic heterocycles. The first-order valence-corrected chi connectivity index (χ1v) is 8.89. The molecule has 0 spiro atoms. The Morgan fingerprint density at radius 3 is 2.83 bits per heavy atom. The number of likely N-dealkylation sites (tertiary alicyclic amines) is 1. The lowest BCUT2D eigenvalue weighted by atomic mass is 9.75. The number of hydrogen-bond donors (Lipinski definition) is 1. The lowest BCUT2D eigenvalue weighted by Gasteiger charge is -2.41. The van der Waals surface area contributed by atoms with Gasteiger partial charge in [-0.15, -0.1) is 0 Å². The van der Waals surface area contributed by atoms with Gasteiger partial charge in [0.25, 0.3) is 0 Å². The fraction of sp³-hybridized carbons (Fsp3) is 0.611. The largest absolute Gasteiger partial charge is 0.495 e. The van der Waals surface area contributed by atoms with E-state index in [1.807, 2.05) is 6.07 Å². The van der Waals surface area contributed by atoms with E-state index in [2.05, 4.69) is 10.2 Å². The van der Waals surface area contributed by atoms with Crippen molar-refractivity contribution in [3.63, 3.8) is 0 Å². The number of fused-ring (bicyclic) bond motifs is 1. The molecule has 0 aromatic heterocycles. The molecule has 2 aliphatic rings. The van der Waals surface area contributed by atoms with E-state index in [4.69, 9.17) is 16.3 Å². The van der Waals surface area contributed by atoms with Crippen molar-refractivity contribution in [1.82, 2.24) is 4.90 Å². The zero-order valence-electron chi connectivity index (χ0n) is 13.7. The standard InChI is InChI=1S/C18H25ClN2O2/c1-23-17-7-6-15(10-16(17)19)20-18(22)12-21-9-8-13-4-2-3-5-14(13)11-21/h6-7,10,13-14H,2-5,8-9,11-12H2,1H3,(H,20,22)/t13-,14+/m1/s1. The molecule has 5 heteroatoms. The topological polar surface area (TPSA) is 41.6 Å². The fourth-order valence-corrected chi connectivity index (χ4v) is 4.23. The van der Waals surface area contributed by atoms with Crippen molar-refractivity contribution in [2.45, 2.75) is 32.1 Å². The molecule has 1 aromatic rings. The number of benzene rings is 1. The molecule has 2 atom stereocenters. The molecular weight excluding hydrogens is 312 g/mol. The highest BCUT2D eigenvalue weighted by Gasteiger charge is 2.31. The van der Waals surface area contributed by atoms with Gasteiger partial charge in [0.2, 0.25) is 5.91 Å². The van der Waals surface area contributed by atoms with Crippen LogP contribution in [-0.4, -0.2) is 37.6 Å². The number of rotatable bonds is 4. The van der Waals surface area contributed by atoms with E-state index in [9.17, 15) is 4.79 Å². The maximum absolute atomic E-state index is 12.3. The molecule has 1 amide bonds. The van der Waals surface area contributed by atoms with Gasteiger partial charge in [0.05, 0.1) is 18.7 Å². The number of anilines is 1. The van der Waals surface area contributed by atoms with E-state index in [0.29, 0.717) is 23.0 Å². The number of piperidine rings is 1. The molecule has 1 heterocycles. The van der Waals surface area contributed by atoms with E-state index < -0.39 is 0 Å². The van der Waals surface area contributed by atoms with Crippen molar-refractivity contribution < 1.29 is 9.53 Å². The van der Waals surface area contributed by atoms with Crippen LogP contribution < -0.4 is 10.1 Å². The molecule has 23 heavy (non-hydrogen) atoms. The average molecular weight is 337 g/mol. The molecule has 4 nitrogen and oxygen atoms in total. The highest BCUT2D eigenvalue weighted by atomic mass is 35.5. The van der Waals surface area contributed by atoms with Crippen molar-refractivity contribution in [1.29, 1.82) is 0 Å². The third-order valence-corrected chi connectivity index (χ3v) is 5.47. The Labute approximate surface area is 143 Å². The van der Waals surface area contributed by atoms with Crippen LogP contribution in [0.15, 0.2) is 18.2 Å². The zero-order valence-corrected chi connectivity index (χ0v) is 14.4. The first kappa shape index (κ1) is 16.6. The monoisotopic (exact) mass is 336 g/mol. The third kappa shape index (κ3) is 4.18. The molecule has 0 radical (unpaired) electrons. The van der Waals surface area contributed by atoms with Crippen LogP contribution in [0.5, 0.6) is 5.75 Å². The summed E-state index contributed by atoms with van der Waals surface area (Å²) in [5.74, 6) is 2.33. The number of halogens is 1. The summed E-state index contributed by atoms with van der Waals surface area (Å²) in [6.45, 7) is 2.58. The maximum Gasteiger partial charge on any atom is 0.238 e. The van der Waals surface area contributed by atoms with Crippen molar-refractivity contribution in [2.24, 2.45) is 11.8 Å². The lowest BCUT2D eigenvalue weighted by molar-refractivity contribution is -0.118. The van der Waals surface area contributed by atoms with Crippen LogP contribution in [0.25, 0.3) is 0 Å². The van der Waals surface area contributed by atoms with Crippen LogP contribution in [0.2, 0.25) is 5.02 Å². The predicted octanol–water partition coefficient (Wildman–Crippen LogP) is 3.80. The summed E-state index contributed by atoms with van der Waals surface area (Å²) in [4.78, 5) is 14.6. The Hall–Kier alpha value is -1.26. The van der Waals surface area contributed by atoms with Crippen LogP contribution in [0.4, 0.5) is 5.69 Å². The number of nitrogens with one attached hydrogen (secondary N) is 1. The van der Waals surface area contributed by atoms with E-state index in [-0.39, 0.29) is 5.91 Å². The zero-order chi connectivity index (χ0) is 16.2. The van der Waals surface area contributed by atoms with Gasteiger partial charge in [-0.1, -0.05) is 30.9 Å². The maximum atomic E-state index is 12.3. The molecule has 1 saturated heterocycles. The summed E-state index contributed by atoms with van der Waals surface area (Å²) in [6, 6.07) is 5.31. The van der Waals surface area contributed by atoms with Crippen molar-refractivity contribution in [3.05, 3.63) is 23.2 Å². The molecule has 126 valence electrons. The Balaban J connectivity index is 1.52. The van der Waals surface area contributed by atoms with Crippen molar-refractivity contribution in [3.8, 4) is 5.75 Å². The minimum Gasteiger partial charge on any atom is -0.495 e. The van der Waals surface area contributed by atoms with Gasteiger partial charge >= 0.3 is 0 Å². The van der Waals surface area contributed by atoms with Gasteiger partial charge < -0.3 is 10.1 Å². The van der Waals surface area contributed by atoms with Gasteiger partial charge in [0, 0.05) is 12.2 Å². The van der Waals surface area contributed by atoms with Crippen LogP contribution >= 0.6 is 11.6 Å². The SMILES string of the molecule is COc1ccc(NC(=O)CN2CC[C@H]3CCCC[C@H]3C2)cc1Cl. The van der Waals surface area contributed by atoms with Crippen LogP contribution in [0.1, 0.15) is 32.1 Å². The Bertz CT molecular complexity index is 564. The van der Waals surface area contributed by atoms with Crippen LogP contribution in [-0.2, 0) is 4.79 Å². The number of ether oxygens (including phenoxy) is 1. The lowest BCUT2D eigenvalue weighted by Crippen LogP contribution is -2.44. The molecule has 1 saturated carbocycles. The van der Waals surface area contributed by atoms with E-state index in [1.54, 1.807) is 19.2 Å². The number of carbonyl (C=O) groups is 1. The smallest absolute Gasteiger partial charge is 0.238 e. The molecule has 1 aromatic carbocycles. The number of amides is 1. The summed E-state index contributed by atoms with van der Waals surface area (Å²) >= 11 is 6.09. The van der Waals surface area contributed by atoms with Gasteiger partial charge in [-0.25, -0.2) is 0 Å². The summed E-state index contributed by atoms with van der Waals surface area (Å²) in [7, 11) is 1.58. The number of nitrogens with zero attached hydrogens (tertiary/aromatic N) is 1. The summed E-state index contributed by atoms with van der Waals surface area (Å²) < 4.78 is 5.12. The Kier molecular flexibility index (Phi) is 5.44. The Morgan fingerprint density at radius 2 is 2.09 bits per heavy atom. The molecule has 1 aliphatic carbocycles. The second-order valence-electron chi connectivity index (χ2n) is 6.73. The summed E-state index contributed by atoms with van der Waals surface area (Å²) in [6.07, 6.45) is 6.70. The fourth-order valence-electron chi connectivity index (χ4n) is 3.97. The number of carbonyl (C=O) groups excluding carboxylic acids is 1. The summed E-state index contributed by atoms with van der Waals surface area (Å²) in [5, 5.41) is 3.44. The quantitative estimate of drug-likeness (QED) is 0.909. The third-order valence-electron chi connectivity index (χ3n) is 5.18. The molecular formula is C18H25ClN2O2. The molecule has 1 N–H and O–H groups in total. The second kappa shape index (κ2) is 7.54. The first-order valence-electron chi connectivity index (χ1n) is 8.51. The number of methoxy groups -OCH3 is 1. The minimum atomic E-state index is 0.0282. The van der Waals surface area contributed by atoms with Gasteiger partial charge in [-0.05, 0) is 49.4 Å². The van der Waals surface area contributed by atoms with Gasteiger partial charge in [0.1, 0.15) is 5.75 Å². The van der Waals surface area contributed by atoms with Crippen LogP contribution in [0.3, 0.4) is 0 Å². The minimum absolute atomic E-state index is 0.0282. The normalized spacial score (nSPS) is 24.8. The van der Waals surface area contributed by atoms with Gasteiger partial charge in [-0.2, -0.15) is 0 Å². The van der Waals surface area contributed by atoms with E-state index in [1.165, 1.54) is 32.1 Å². The van der Waals surface area contributed by atoms with Crippen molar-refractivity contribution in [2.75, 3.05) is 32.1 Å². The van der Waals surface area contributed by atoms with Crippen molar-refractivity contribution >= 4 is 23.2 Å². The predicted molar refractivity (Wildman–Crippen MR) is 93.1 cm³/mol. The van der Waals surface area contributed by atoms with Gasteiger partial charge in [0.15, 0.2) is 0 Å². The molecule has 2 fully saturated rings. The highest BCUT2D eigenvalue weighted by molar-refractivity contribution is 6.32. The second-order valence-corrected chi connectivity index (χ2v) is 7.13. The molecule has 0 bridgehead atoms.